The lowest BCUT2D eigenvalue weighted by Crippen LogP contribution is -2.17. The Morgan fingerprint density at radius 3 is 2.55 bits per heavy atom. The fourth-order valence-corrected chi connectivity index (χ4v) is 3.99. The van der Waals surface area contributed by atoms with E-state index in [2.05, 4.69) is 41.6 Å². The third kappa shape index (κ3) is 5.00. The van der Waals surface area contributed by atoms with Crippen LogP contribution in [0.1, 0.15) is 23.7 Å². The number of thiazole rings is 1. The normalized spacial score (nSPS) is 10.8. The smallest absolute Gasteiger partial charge is 0.229 e. The van der Waals surface area contributed by atoms with E-state index < -0.39 is 0 Å². The number of hydrogen-bond acceptors (Lipinski definition) is 5. The van der Waals surface area contributed by atoms with Crippen LogP contribution in [0.25, 0.3) is 16.4 Å². The van der Waals surface area contributed by atoms with E-state index in [0.29, 0.717) is 17.6 Å². The van der Waals surface area contributed by atoms with Crippen LogP contribution in [-0.2, 0) is 11.2 Å². The summed E-state index contributed by atoms with van der Waals surface area (Å²) in [6.45, 7) is 6.52. The van der Waals surface area contributed by atoms with Crippen molar-refractivity contribution in [2.45, 2.75) is 27.2 Å². The van der Waals surface area contributed by atoms with Crippen molar-refractivity contribution in [3.8, 4) is 22.1 Å². The number of anilines is 1. The summed E-state index contributed by atoms with van der Waals surface area (Å²) >= 11 is 1.49. The van der Waals surface area contributed by atoms with Crippen molar-refractivity contribution in [3.05, 3.63) is 76.8 Å². The molecule has 0 aliphatic heterocycles. The highest BCUT2D eigenvalue weighted by atomic mass is 32.1. The summed E-state index contributed by atoms with van der Waals surface area (Å²) in [5.41, 5.74) is 4.88. The summed E-state index contributed by atoms with van der Waals surface area (Å²) in [6, 6.07) is 17.7. The quantitative estimate of drug-likeness (QED) is 0.436. The van der Waals surface area contributed by atoms with Crippen molar-refractivity contribution in [2.75, 3.05) is 11.9 Å². The minimum atomic E-state index is -0.111. The van der Waals surface area contributed by atoms with Crippen LogP contribution >= 0.6 is 11.3 Å². The number of aryl methyl sites for hydroxylation is 2. The van der Waals surface area contributed by atoms with E-state index >= 15 is 0 Å². The van der Waals surface area contributed by atoms with Gasteiger partial charge in [0.2, 0.25) is 11.0 Å². The molecule has 0 aliphatic carbocycles. The maximum Gasteiger partial charge on any atom is 0.229 e. The van der Waals surface area contributed by atoms with Crippen molar-refractivity contribution in [3.63, 3.8) is 0 Å². The summed E-state index contributed by atoms with van der Waals surface area (Å²) in [4.78, 5) is 17.4. The second-order valence-corrected chi connectivity index (χ2v) is 8.10. The lowest BCUT2D eigenvalue weighted by Gasteiger charge is -2.08. The van der Waals surface area contributed by atoms with E-state index in [-0.39, 0.29) is 12.3 Å². The van der Waals surface area contributed by atoms with Gasteiger partial charge >= 0.3 is 0 Å². The predicted octanol–water partition coefficient (Wildman–Crippen LogP) is 5.19. The Kier molecular flexibility index (Phi) is 6.13. The molecule has 0 unspecified atom stereocenters. The molecular weight excluding hydrogens is 408 g/mol. The minimum absolute atomic E-state index is 0.111. The number of amides is 1. The maximum atomic E-state index is 12.6. The monoisotopic (exact) mass is 432 g/mol. The Bertz CT molecular complexity index is 1180. The van der Waals surface area contributed by atoms with Crippen LogP contribution in [0.3, 0.4) is 0 Å². The molecule has 4 rings (SSSR count). The largest absolute Gasteiger partial charge is 0.494 e. The number of rotatable bonds is 7. The van der Waals surface area contributed by atoms with Gasteiger partial charge in [0.05, 0.1) is 24.4 Å². The second-order valence-electron chi connectivity index (χ2n) is 7.27. The van der Waals surface area contributed by atoms with Gasteiger partial charge in [-0.05, 0) is 38.5 Å². The van der Waals surface area contributed by atoms with E-state index in [4.69, 9.17) is 9.72 Å². The molecule has 31 heavy (non-hydrogen) atoms. The fourth-order valence-electron chi connectivity index (χ4n) is 3.20. The first-order chi connectivity index (χ1) is 15.0. The third-order valence-corrected chi connectivity index (χ3v) is 5.53. The molecule has 0 fully saturated rings. The van der Waals surface area contributed by atoms with Gasteiger partial charge in [-0.1, -0.05) is 42.0 Å². The van der Waals surface area contributed by atoms with Crippen molar-refractivity contribution in [1.29, 1.82) is 0 Å². The molecule has 0 bridgehead atoms. The Morgan fingerprint density at radius 1 is 1.10 bits per heavy atom. The molecule has 0 atom stereocenters. The van der Waals surface area contributed by atoms with Crippen LogP contribution in [-0.4, -0.2) is 27.3 Å². The van der Waals surface area contributed by atoms with Crippen LogP contribution in [0.2, 0.25) is 0 Å². The van der Waals surface area contributed by atoms with Crippen LogP contribution in [0.4, 0.5) is 5.82 Å². The highest BCUT2D eigenvalue weighted by Gasteiger charge is 2.15. The van der Waals surface area contributed by atoms with Crippen LogP contribution in [0.15, 0.2) is 60.0 Å². The van der Waals surface area contributed by atoms with Crippen LogP contribution in [0.5, 0.6) is 5.75 Å². The molecule has 0 aliphatic rings. The molecule has 2 heterocycles. The molecule has 1 amide bonds. The number of hydrogen-bond donors (Lipinski definition) is 1. The first-order valence-electron chi connectivity index (χ1n) is 10.1. The van der Waals surface area contributed by atoms with Gasteiger partial charge in [-0.25, -0.2) is 4.98 Å². The third-order valence-electron chi connectivity index (χ3n) is 4.72. The Labute approximate surface area is 185 Å². The number of nitrogens with zero attached hydrogens (tertiary/aromatic N) is 3. The first kappa shape index (κ1) is 20.8. The van der Waals surface area contributed by atoms with Crippen molar-refractivity contribution in [1.82, 2.24) is 14.8 Å². The maximum absolute atomic E-state index is 12.6. The van der Waals surface area contributed by atoms with Gasteiger partial charge in [0.15, 0.2) is 0 Å². The standard InChI is InChI=1S/C24H24N4O2S/c1-4-30-20-11-7-18(8-12-20)14-23(29)26-22-13-17(3)27-28(22)24-25-21(15-31-24)19-9-5-16(2)6-10-19/h5-13,15H,4,14H2,1-3H3,(H,26,29). The predicted molar refractivity (Wildman–Crippen MR) is 124 cm³/mol. The summed E-state index contributed by atoms with van der Waals surface area (Å²) in [5.74, 6) is 1.30. The van der Waals surface area contributed by atoms with Gasteiger partial charge < -0.3 is 10.1 Å². The molecule has 2 aromatic heterocycles. The zero-order valence-electron chi connectivity index (χ0n) is 17.8. The molecule has 6 nitrogen and oxygen atoms in total. The SMILES string of the molecule is CCOc1ccc(CC(=O)Nc2cc(C)nn2-c2nc(-c3ccc(C)cc3)cs2)cc1. The zero-order valence-corrected chi connectivity index (χ0v) is 18.6. The van der Waals surface area contributed by atoms with E-state index in [9.17, 15) is 4.79 Å². The van der Waals surface area contributed by atoms with Crippen molar-refractivity contribution < 1.29 is 9.53 Å². The van der Waals surface area contributed by atoms with Crippen molar-refractivity contribution in [2.24, 2.45) is 0 Å². The summed E-state index contributed by atoms with van der Waals surface area (Å²) < 4.78 is 7.14. The van der Waals surface area contributed by atoms with E-state index in [0.717, 1.165) is 28.3 Å². The molecular formula is C24H24N4O2S. The highest BCUT2D eigenvalue weighted by molar-refractivity contribution is 7.12. The van der Waals surface area contributed by atoms with Gasteiger partial charge in [0.25, 0.3) is 0 Å². The van der Waals surface area contributed by atoms with Gasteiger partial charge in [-0.3, -0.25) is 4.79 Å². The minimum Gasteiger partial charge on any atom is -0.494 e. The van der Waals surface area contributed by atoms with Crippen molar-refractivity contribution >= 4 is 23.1 Å². The van der Waals surface area contributed by atoms with E-state index in [1.165, 1.54) is 16.9 Å². The number of benzene rings is 2. The molecule has 4 aromatic rings. The first-order valence-corrected chi connectivity index (χ1v) is 11.0. The number of aromatic nitrogens is 3. The number of carbonyl (C=O) groups is 1. The molecule has 0 radical (unpaired) electrons. The summed E-state index contributed by atoms with van der Waals surface area (Å²) in [6.07, 6.45) is 0.267. The van der Waals surface area contributed by atoms with Crippen LogP contribution in [0, 0.1) is 13.8 Å². The Hall–Kier alpha value is -3.45. The molecule has 7 heteroatoms. The van der Waals surface area contributed by atoms with Crippen LogP contribution < -0.4 is 10.1 Å². The van der Waals surface area contributed by atoms with Gasteiger partial charge in [0, 0.05) is 17.0 Å². The molecule has 158 valence electrons. The topological polar surface area (TPSA) is 69.0 Å². The highest BCUT2D eigenvalue weighted by Crippen LogP contribution is 2.26. The summed E-state index contributed by atoms with van der Waals surface area (Å²) in [5, 5.41) is 10.2. The van der Waals surface area contributed by atoms with E-state index in [1.807, 2.05) is 49.6 Å². The fraction of sp³-hybridized carbons (Fsp3) is 0.208. The molecule has 2 aromatic carbocycles. The van der Waals surface area contributed by atoms with Gasteiger partial charge in [0.1, 0.15) is 11.6 Å². The lowest BCUT2D eigenvalue weighted by molar-refractivity contribution is -0.115. The van der Waals surface area contributed by atoms with Gasteiger partial charge in [-0.15, -0.1) is 11.3 Å². The molecule has 1 N–H and O–H groups in total. The molecule has 0 saturated heterocycles. The summed E-state index contributed by atoms with van der Waals surface area (Å²) in [7, 11) is 0. The average Bonchev–Trinajstić information content (AvgIpc) is 3.37. The lowest BCUT2D eigenvalue weighted by atomic mass is 10.1. The molecule has 0 spiro atoms. The van der Waals surface area contributed by atoms with Gasteiger partial charge in [-0.2, -0.15) is 9.78 Å². The Morgan fingerprint density at radius 2 is 1.84 bits per heavy atom. The second kappa shape index (κ2) is 9.14. The number of carbonyl (C=O) groups excluding carboxylic acids is 1. The number of nitrogens with one attached hydrogen (secondary N) is 1. The van der Waals surface area contributed by atoms with E-state index in [1.54, 1.807) is 4.68 Å². The average molecular weight is 433 g/mol. The Balaban J connectivity index is 1.49. The molecule has 0 saturated carbocycles. The zero-order chi connectivity index (χ0) is 21.8. The number of ether oxygens (including phenoxy) is 1.